The Labute approximate surface area is 112 Å². The Kier molecular flexibility index (Phi) is 5.20. The Morgan fingerprint density at radius 3 is 2.83 bits per heavy atom. The molecular formula is C14H21NO2S. The second-order valence-electron chi connectivity index (χ2n) is 5.01. The topological polar surface area (TPSA) is 49.3 Å². The van der Waals surface area contributed by atoms with Crippen LogP contribution < -0.4 is 5.32 Å². The largest absolute Gasteiger partial charge is 0.393 e. The Morgan fingerprint density at radius 1 is 1.39 bits per heavy atom. The number of aliphatic hydroxyl groups excluding tert-OH is 1. The molecule has 0 unspecified atom stereocenters. The number of aliphatic hydroxyl groups is 1. The lowest BCUT2D eigenvalue weighted by Crippen LogP contribution is -2.38. The van der Waals surface area contributed by atoms with Gasteiger partial charge in [-0.2, -0.15) is 0 Å². The molecule has 1 amide bonds. The highest BCUT2D eigenvalue weighted by molar-refractivity contribution is 7.09. The average molecular weight is 267 g/mol. The van der Waals surface area contributed by atoms with Crippen molar-refractivity contribution < 1.29 is 9.90 Å². The first-order valence-corrected chi connectivity index (χ1v) is 7.62. The van der Waals surface area contributed by atoms with Gasteiger partial charge in [-0.05, 0) is 50.0 Å². The number of carbonyl (C=O) groups excluding carboxylic acids is 1. The van der Waals surface area contributed by atoms with E-state index < -0.39 is 0 Å². The lowest BCUT2D eigenvalue weighted by molar-refractivity contribution is -0.122. The summed E-state index contributed by atoms with van der Waals surface area (Å²) in [5.41, 5.74) is 0. The van der Waals surface area contributed by atoms with Crippen molar-refractivity contribution in [1.29, 1.82) is 0 Å². The smallest absolute Gasteiger partial charge is 0.220 e. The maximum Gasteiger partial charge on any atom is 0.220 e. The van der Waals surface area contributed by atoms with Crippen LogP contribution in [0.5, 0.6) is 0 Å². The zero-order chi connectivity index (χ0) is 12.8. The molecule has 0 aliphatic heterocycles. The minimum Gasteiger partial charge on any atom is -0.393 e. The molecule has 0 atom stereocenters. The summed E-state index contributed by atoms with van der Waals surface area (Å²) in [5, 5.41) is 14.5. The van der Waals surface area contributed by atoms with E-state index in [-0.39, 0.29) is 18.1 Å². The number of thiophene rings is 1. The van der Waals surface area contributed by atoms with E-state index >= 15 is 0 Å². The van der Waals surface area contributed by atoms with Gasteiger partial charge in [-0.1, -0.05) is 6.07 Å². The number of amides is 1. The Bertz CT molecular complexity index is 356. The maximum atomic E-state index is 11.8. The number of hydrogen-bond acceptors (Lipinski definition) is 3. The first kappa shape index (κ1) is 13.6. The van der Waals surface area contributed by atoms with E-state index in [9.17, 15) is 9.90 Å². The zero-order valence-corrected chi connectivity index (χ0v) is 11.4. The van der Waals surface area contributed by atoms with Crippen molar-refractivity contribution >= 4 is 17.2 Å². The molecule has 1 fully saturated rings. The molecule has 1 heterocycles. The molecule has 2 N–H and O–H groups in total. The number of nitrogens with one attached hydrogen (secondary N) is 1. The fourth-order valence-electron chi connectivity index (χ4n) is 2.40. The van der Waals surface area contributed by atoms with E-state index in [1.807, 2.05) is 6.07 Å². The van der Waals surface area contributed by atoms with Crippen LogP contribution in [0.25, 0.3) is 0 Å². The van der Waals surface area contributed by atoms with Crippen LogP contribution in [-0.2, 0) is 11.2 Å². The molecule has 0 radical (unpaired) electrons. The fraction of sp³-hybridized carbons (Fsp3) is 0.643. The molecule has 1 aromatic rings. The van der Waals surface area contributed by atoms with Crippen molar-refractivity contribution in [2.75, 3.05) is 0 Å². The lowest BCUT2D eigenvalue weighted by atomic mass is 9.93. The van der Waals surface area contributed by atoms with E-state index in [1.54, 1.807) is 11.3 Å². The Balaban J connectivity index is 1.60. The van der Waals surface area contributed by atoms with Crippen LogP contribution in [0.2, 0.25) is 0 Å². The van der Waals surface area contributed by atoms with Crippen LogP contribution in [0.4, 0.5) is 0 Å². The zero-order valence-electron chi connectivity index (χ0n) is 10.6. The first-order valence-electron chi connectivity index (χ1n) is 6.74. The molecule has 1 aromatic heterocycles. The Hall–Kier alpha value is -0.870. The van der Waals surface area contributed by atoms with E-state index in [0.29, 0.717) is 6.42 Å². The van der Waals surface area contributed by atoms with Gasteiger partial charge in [0.2, 0.25) is 5.91 Å². The van der Waals surface area contributed by atoms with Gasteiger partial charge in [-0.3, -0.25) is 4.79 Å². The van der Waals surface area contributed by atoms with Gasteiger partial charge in [0.15, 0.2) is 0 Å². The molecule has 0 aromatic carbocycles. The number of aryl methyl sites for hydroxylation is 1. The van der Waals surface area contributed by atoms with Gasteiger partial charge in [0.05, 0.1) is 6.10 Å². The molecule has 0 bridgehead atoms. The van der Waals surface area contributed by atoms with Crippen molar-refractivity contribution in [3.8, 4) is 0 Å². The molecule has 1 aliphatic carbocycles. The van der Waals surface area contributed by atoms with Crippen LogP contribution >= 0.6 is 11.3 Å². The van der Waals surface area contributed by atoms with Crippen LogP contribution in [-0.4, -0.2) is 23.2 Å². The molecule has 1 saturated carbocycles. The summed E-state index contributed by atoms with van der Waals surface area (Å²) in [7, 11) is 0. The van der Waals surface area contributed by atoms with Gasteiger partial charge in [0.1, 0.15) is 0 Å². The van der Waals surface area contributed by atoms with Crippen molar-refractivity contribution in [1.82, 2.24) is 5.32 Å². The van der Waals surface area contributed by atoms with Crippen LogP contribution in [0, 0.1) is 0 Å². The predicted molar refractivity (Wildman–Crippen MR) is 73.7 cm³/mol. The molecule has 4 heteroatoms. The summed E-state index contributed by atoms with van der Waals surface area (Å²) >= 11 is 1.75. The third-order valence-corrected chi connectivity index (χ3v) is 4.41. The number of carbonyl (C=O) groups is 1. The SMILES string of the molecule is O=C(CCCc1cccs1)NC1CCC(O)CC1. The van der Waals surface area contributed by atoms with Crippen molar-refractivity contribution in [2.24, 2.45) is 0 Å². The minimum atomic E-state index is -0.156. The molecule has 0 saturated heterocycles. The summed E-state index contributed by atoms with van der Waals surface area (Å²) in [6.07, 6.45) is 5.83. The van der Waals surface area contributed by atoms with Gasteiger partial charge < -0.3 is 10.4 Å². The molecular weight excluding hydrogens is 246 g/mol. The normalized spacial score (nSPS) is 23.8. The fourth-order valence-corrected chi connectivity index (χ4v) is 3.15. The monoisotopic (exact) mass is 267 g/mol. The van der Waals surface area contributed by atoms with Gasteiger partial charge in [-0.25, -0.2) is 0 Å². The summed E-state index contributed by atoms with van der Waals surface area (Å²) in [6.45, 7) is 0. The lowest BCUT2D eigenvalue weighted by Gasteiger charge is -2.26. The summed E-state index contributed by atoms with van der Waals surface area (Å²) in [6, 6.07) is 4.45. The standard InChI is InChI=1S/C14H21NO2S/c16-12-8-6-11(7-9-12)15-14(17)5-1-3-13-4-2-10-18-13/h2,4,10-12,16H,1,3,5-9H2,(H,15,17). The third kappa shape index (κ3) is 4.42. The summed E-state index contributed by atoms with van der Waals surface area (Å²) in [4.78, 5) is 13.1. The van der Waals surface area contributed by atoms with E-state index in [2.05, 4.69) is 16.8 Å². The van der Waals surface area contributed by atoms with Crippen molar-refractivity contribution in [2.45, 2.75) is 57.1 Å². The average Bonchev–Trinajstić information content (AvgIpc) is 2.85. The Morgan fingerprint density at radius 2 is 2.17 bits per heavy atom. The van der Waals surface area contributed by atoms with E-state index in [0.717, 1.165) is 38.5 Å². The van der Waals surface area contributed by atoms with Crippen LogP contribution in [0.15, 0.2) is 17.5 Å². The molecule has 0 spiro atoms. The quantitative estimate of drug-likeness (QED) is 0.861. The van der Waals surface area contributed by atoms with Crippen LogP contribution in [0.3, 0.4) is 0 Å². The third-order valence-electron chi connectivity index (χ3n) is 3.47. The molecule has 1 aliphatic rings. The predicted octanol–water partition coefficient (Wildman–Crippen LogP) is 2.49. The number of rotatable bonds is 5. The van der Waals surface area contributed by atoms with Crippen LogP contribution in [0.1, 0.15) is 43.4 Å². The highest BCUT2D eigenvalue weighted by atomic mass is 32.1. The van der Waals surface area contributed by atoms with Gasteiger partial charge in [0, 0.05) is 17.3 Å². The molecule has 3 nitrogen and oxygen atoms in total. The van der Waals surface area contributed by atoms with Gasteiger partial charge in [0.25, 0.3) is 0 Å². The highest BCUT2D eigenvalue weighted by Gasteiger charge is 2.20. The van der Waals surface area contributed by atoms with Crippen molar-refractivity contribution in [3.05, 3.63) is 22.4 Å². The van der Waals surface area contributed by atoms with Crippen molar-refractivity contribution in [3.63, 3.8) is 0 Å². The summed E-state index contributed by atoms with van der Waals surface area (Å²) < 4.78 is 0. The maximum absolute atomic E-state index is 11.8. The highest BCUT2D eigenvalue weighted by Crippen LogP contribution is 2.18. The van der Waals surface area contributed by atoms with E-state index in [4.69, 9.17) is 0 Å². The minimum absolute atomic E-state index is 0.156. The van der Waals surface area contributed by atoms with Gasteiger partial charge >= 0.3 is 0 Å². The second-order valence-corrected chi connectivity index (χ2v) is 6.04. The summed E-state index contributed by atoms with van der Waals surface area (Å²) in [5.74, 6) is 0.160. The van der Waals surface area contributed by atoms with E-state index in [1.165, 1.54) is 4.88 Å². The first-order chi connectivity index (χ1) is 8.74. The molecule has 2 rings (SSSR count). The second kappa shape index (κ2) is 6.90. The van der Waals surface area contributed by atoms with Gasteiger partial charge in [-0.15, -0.1) is 11.3 Å². The number of hydrogen-bond donors (Lipinski definition) is 2. The molecule has 100 valence electrons. The molecule has 18 heavy (non-hydrogen) atoms.